The average molecular weight is 364 g/mol. The van der Waals surface area contributed by atoms with Gasteiger partial charge in [-0.15, -0.1) is 6.58 Å². The van der Waals surface area contributed by atoms with Gasteiger partial charge in [-0.1, -0.05) is 48.6 Å². The number of benzene rings is 1. The van der Waals surface area contributed by atoms with E-state index < -0.39 is 0 Å². The zero-order valence-corrected chi connectivity index (χ0v) is 16.6. The second kappa shape index (κ2) is 8.38. The molecule has 27 heavy (non-hydrogen) atoms. The van der Waals surface area contributed by atoms with Crippen molar-refractivity contribution in [3.05, 3.63) is 77.7 Å². The maximum Gasteiger partial charge on any atom is 0.223 e. The molecule has 0 saturated heterocycles. The molecule has 3 rings (SSSR count). The summed E-state index contributed by atoms with van der Waals surface area (Å²) >= 11 is 0. The first kappa shape index (κ1) is 19.2. The maximum atomic E-state index is 13.3. The third-order valence-corrected chi connectivity index (χ3v) is 5.54. The zero-order valence-electron chi connectivity index (χ0n) is 16.6. The molecular weight excluding hydrogens is 334 g/mol. The lowest BCUT2D eigenvalue weighted by Crippen LogP contribution is -2.44. The van der Waals surface area contributed by atoms with Crippen LogP contribution >= 0.6 is 0 Å². The molecule has 1 amide bonds. The van der Waals surface area contributed by atoms with Gasteiger partial charge in [0, 0.05) is 25.2 Å². The Morgan fingerprint density at radius 1 is 1.30 bits per heavy atom. The number of hydrogen-bond acceptors (Lipinski definition) is 2. The van der Waals surface area contributed by atoms with E-state index in [-0.39, 0.29) is 18.0 Å². The van der Waals surface area contributed by atoms with Crippen LogP contribution < -0.4 is 0 Å². The summed E-state index contributed by atoms with van der Waals surface area (Å²) in [5.41, 5.74) is 4.50. The second-order valence-corrected chi connectivity index (χ2v) is 7.27. The van der Waals surface area contributed by atoms with Gasteiger partial charge in [0.2, 0.25) is 5.91 Å². The van der Waals surface area contributed by atoms with Crippen LogP contribution in [0.5, 0.6) is 0 Å². The minimum absolute atomic E-state index is 0.00603. The standard InChI is InChI=1S/C23H29N3O/c1-5-10-20-13-9-14-22(19-11-7-6-8-12-19)26(20)23(27)16-15-21-17(2)24-25(4)18(21)3/h5-9,11-12,14,20,22H,1,10,13,15-16H2,2-4H3/t20-,22+/m1/s1. The first-order valence-electron chi connectivity index (χ1n) is 9.65. The van der Waals surface area contributed by atoms with Gasteiger partial charge < -0.3 is 4.90 Å². The third-order valence-electron chi connectivity index (χ3n) is 5.54. The van der Waals surface area contributed by atoms with Crippen LogP contribution in [0.1, 0.15) is 47.8 Å². The number of amides is 1. The molecule has 142 valence electrons. The minimum Gasteiger partial charge on any atom is -0.329 e. The molecular formula is C23H29N3O. The number of carbonyl (C=O) groups excluding carboxylic acids is 1. The van der Waals surface area contributed by atoms with Crippen LogP contribution in [0.3, 0.4) is 0 Å². The summed E-state index contributed by atoms with van der Waals surface area (Å²) < 4.78 is 1.89. The Bertz CT molecular complexity index is 835. The van der Waals surface area contributed by atoms with Gasteiger partial charge in [0.05, 0.1) is 11.7 Å². The number of carbonyl (C=O) groups is 1. The van der Waals surface area contributed by atoms with Crippen molar-refractivity contribution in [3.8, 4) is 0 Å². The van der Waals surface area contributed by atoms with Crippen molar-refractivity contribution in [3.63, 3.8) is 0 Å². The topological polar surface area (TPSA) is 38.1 Å². The lowest BCUT2D eigenvalue weighted by atomic mass is 9.94. The summed E-state index contributed by atoms with van der Waals surface area (Å²) in [5, 5.41) is 4.48. The first-order chi connectivity index (χ1) is 13.0. The molecule has 1 aromatic carbocycles. The SMILES string of the molecule is C=CC[C@@H]1CC=C[C@@H](c2ccccc2)N1C(=O)CCc1c(C)nn(C)c1C. The van der Waals surface area contributed by atoms with E-state index in [9.17, 15) is 4.79 Å². The lowest BCUT2D eigenvalue weighted by molar-refractivity contribution is -0.135. The van der Waals surface area contributed by atoms with E-state index in [4.69, 9.17) is 0 Å². The van der Waals surface area contributed by atoms with E-state index >= 15 is 0 Å². The van der Waals surface area contributed by atoms with Crippen LogP contribution in [0.15, 0.2) is 55.1 Å². The van der Waals surface area contributed by atoms with E-state index in [0.29, 0.717) is 6.42 Å². The Kier molecular flexibility index (Phi) is 5.94. The predicted octanol–water partition coefficient (Wildman–Crippen LogP) is 4.44. The summed E-state index contributed by atoms with van der Waals surface area (Å²) in [6.07, 6.45) is 9.20. The average Bonchev–Trinajstić information content (AvgIpc) is 2.92. The van der Waals surface area contributed by atoms with Crippen molar-refractivity contribution in [1.29, 1.82) is 0 Å². The van der Waals surface area contributed by atoms with E-state index in [1.807, 2.05) is 42.9 Å². The highest BCUT2D eigenvalue weighted by atomic mass is 16.2. The summed E-state index contributed by atoms with van der Waals surface area (Å²) in [6, 6.07) is 10.4. The fourth-order valence-electron chi connectivity index (χ4n) is 4.02. The van der Waals surface area contributed by atoms with Crippen molar-refractivity contribution < 1.29 is 4.79 Å². The van der Waals surface area contributed by atoms with Crippen molar-refractivity contribution >= 4 is 5.91 Å². The molecule has 1 aliphatic rings. The van der Waals surface area contributed by atoms with Gasteiger partial charge in [-0.2, -0.15) is 5.10 Å². The summed E-state index contributed by atoms with van der Waals surface area (Å²) in [5.74, 6) is 0.197. The number of aryl methyl sites for hydroxylation is 2. The largest absolute Gasteiger partial charge is 0.329 e. The molecule has 0 saturated carbocycles. The van der Waals surface area contributed by atoms with Crippen molar-refractivity contribution in [2.45, 2.75) is 51.6 Å². The van der Waals surface area contributed by atoms with Gasteiger partial charge in [0.15, 0.2) is 0 Å². The summed E-state index contributed by atoms with van der Waals surface area (Å²) in [4.78, 5) is 15.4. The van der Waals surface area contributed by atoms with Crippen LogP contribution in [0.4, 0.5) is 0 Å². The molecule has 0 spiro atoms. The molecule has 0 fully saturated rings. The van der Waals surface area contributed by atoms with Gasteiger partial charge in [-0.3, -0.25) is 9.48 Å². The van der Waals surface area contributed by atoms with Crippen LogP contribution in [-0.2, 0) is 18.3 Å². The van der Waals surface area contributed by atoms with Gasteiger partial charge in [0.25, 0.3) is 0 Å². The molecule has 0 aliphatic carbocycles. The summed E-state index contributed by atoms with van der Waals surface area (Å²) in [6.45, 7) is 7.98. The van der Waals surface area contributed by atoms with E-state index in [0.717, 1.165) is 36.2 Å². The van der Waals surface area contributed by atoms with Gasteiger partial charge >= 0.3 is 0 Å². The number of nitrogens with zero attached hydrogens (tertiary/aromatic N) is 3. The zero-order chi connectivity index (χ0) is 19.4. The van der Waals surface area contributed by atoms with Gasteiger partial charge in [0.1, 0.15) is 0 Å². The number of rotatable bonds is 6. The lowest BCUT2D eigenvalue weighted by Gasteiger charge is -2.39. The van der Waals surface area contributed by atoms with Crippen LogP contribution in [0, 0.1) is 13.8 Å². The smallest absolute Gasteiger partial charge is 0.223 e. The van der Waals surface area contributed by atoms with Crippen LogP contribution in [0.2, 0.25) is 0 Å². The minimum atomic E-state index is -0.00603. The van der Waals surface area contributed by atoms with E-state index in [2.05, 4.69) is 47.8 Å². The highest BCUT2D eigenvalue weighted by Crippen LogP contribution is 2.32. The Labute approximate surface area is 162 Å². The van der Waals surface area contributed by atoms with E-state index in [1.54, 1.807) is 0 Å². The van der Waals surface area contributed by atoms with Crippen molar-refractivity contribution in [2.24, 2.45) is 7.05 Å². The summed E-state index contributed by atoms with van der Waals surface area (Å²) in [7, 11) is 1.95. The second-order valence-electron chi connectivity index (χ2n) is 7.27. The molecule has 1 aliphatic heterocycles. The third kappa shape index (κ3) is 4.05. The Morgan fingerprint density at radius 3 is 2.67 bits per heavy atom. The van der Waals surface area contributed by atoms with Crippen LogP contribution in [-0.4, -0.2) is 26.6 Å². The molecule has 4 nitrogen and oxygen atoms in total. The molecule has 4 heteroatoms. The maximum absolute atomic E-state index is 13.3. The quantitative estimate of drug-likeness (QED) is 0.712. The van der Waals surface area contributed by atoms with Crippen LogP contribution in [0.25, 0.3) is 0 Å². The Balaban J connectivity index is 1.83. The molecule has 1 aromatic heterocycles. The Morgan fingerprint density at radius 2 is 2.04 bits per heavy atom. The van der Waals surface area contributed by atoms with Gasteiger partial charge in [-0.05, 0) is 44.2 Å². The monoisotopic (exact) mass is 363 g/mol. The number of aromatic nitrogens is 2. The number of hydrogen-bond donors (Lipinski definition) is 0. The molecule has 0 radical (unpaired) electrons. The molecule has 2 heterocycles. The highest BCUT2D eigenvalue weighted by molar-refractivity contribution is 5.78. The van der Waals surface area contributed by atoms with Crippen molar-refractivity contribution in [1.82, 2.24) is 14.7 Å². The van der Waals surface area contributed by atoms with Gasteiger partial charge in [-0.25, -0.2) is 0 Å². The normalized spacial score (nSPS) is 19.3. The van der Waals surface area contributed by atoms with E-state index in [1.165, 1.54) is 5.56 Å². The highest BCUT2D eigenvalue weighted by Gasteiger charge is 2.31. The molecule has 2 atom stereocenters. The first-order valence-corrected chi connectivity index (χ1v) is 9.65. The fourth-order valence-corrected chi connectivity index (χ4v) is 4.02. The van der Waals surface area contributed by atoms with Crippen molar-refractivity contribution in [2.75, 3.05) is 0 Å². The molecule has 0 bridgehead atoms. The molecule has 2 aromatic rings. The molecule has 0 N–H and O–H groups in total. The Hall–Kier alpha value is -2.62. The fraction of sp³-hybridized carbons (Fsp3) is 0.391. The molecule has 0 unspecified atom stereocenters. The predicted molar refractivity (Wildman–Crippen MR) is 109 cm³/mol.